The standard InChI is InChI=1S/C23H24ClN3S/c1-17-21(24)10-5-11-22(17)25-23(28)27-14-12-26(13-15-27)16-19-8-4-7-18-6-2-3-9-20(18)19/h2-11H,12-16H2,1H3,(H,25,28). The van der Waals surface area contributed by atoms with Crippen molar-refractivity contribution in [2.45, 2.75) is 13.5 Å². The predicted octanol–water partition coefficient (Wildman–Crippen LogP) is 5.32. The second-order valence-corrected chi connectivity index (χ2v) is 8.04. The van der Waals surface area contributed by atoms with Crippen LogP contribution in [0, 0.1) is 6.92 Å². The maximum atomic E-state index is 6.22. The van der Waals surface area contributed by atoms with Gasteiger partial charge < -0.3 is 10.2 Å². The molecule has 1 aliphatic heterocycles. The van der Waals surface area contributed by atoms with Crippen molar-refractivity contribution >= 4 is 45.4 Å². The molecule has 0 saturated carbocycles. The van der Waals surface area contributed by atoms with Crippen LogP contribution in [0.3, 0.4) is 0 Å². The lowest BCUT2D eigenvalue weighted by Crippen LogP contribution is -2.49. The number of fused-ring (bicyclic) bond motifs is 1. The summed E-state index contributed by atoms with van der Waals surface area (Å²) in [4.78, 5) is 4.75. The summed E-state index contributed by atoms with van der Waals surface area (Å²) in [5.41, 5.74) is 3.40. The molecule has 1 aliphatic rings. The molecular weight excluding hydrogens is 386 g/mol. The van der Waals surface area contributed by atoms with E-state index in [0.717, 1.165) is 54.1 Å². The van der Waals surface area contributed by atoms with Gasteiger partial charge in [-0.1, -0.05) is 60.1 Å². The molecule has 0 atom stereocenters. The van der Waals surface area contributed by atoms with Crippen molar-refractivity contribution in [2.75, 3.05) is 31.5 Å². The van der Waals surface area contributed by atoms with E-state index in [1.165, 1.54) is 16.3 Å². The largest absolute Gasteiger partial charge is 0.346 e. The van der Waals surface area contributed by atoms with Crippen molar-refractivity contribution in [3.63, 3.8) is 0 Å². The van der Waals surface area contributed by atoms with E-state index < -0.39 is 0 Å². The molecule has 144 valence electrons. The van der Waals surface area contributed by atoms with Crippen molar-refractivity contribution in [1.82, 2.24) is 9.80 Å². The lowest BCUT2D eigenvalue weighted by atomic mass is 10.0. The maximum Gasteiger partial charge on any atom is 0.173 e. The fraction of sp³-hybridized carbons (Fsp3) is 0.261. The van der Waals surface area contributed by atoms with Crippen LogP contribution in [0.25, 0.3) is 10.8 Å². The molecule has 3 aromatic rings. The van der Waals surface area contributed by atoms with Crippen LogP contribution in [0.5, 0.6) is 0 Å². The van der Waals surface area contributed by atoms with Crippen molar-refractivity contribution < 1.29 is 0 Å². The Bertz CT molecular complexity index is 991. The number of hydrogen-bond donors (Lipinski definition) is 1. The van der Waals surface area contributed by atoms with Crippen LogP contribution in [-0.4, -0.2) is 41.1 Å². The molecule has 4 rings (SSSR count). The molecule has 1 N–H and O–H groups in total. The first-order valence-corrected chi connectivity index (χ1v) is 10.4. The summed E-state index contributed by atoms with van der Waals surface area (Å²) in [7, 11) is 0. The van der Waals surface area contributed by atoms with E-state index in [1.54, 1.807) is 0 Å². The third-order valence-electron chi connectivity index (χ3n) is 5.44. The second kappa shape index (κ2) is 8.48. The normalized spacial score (nSPS) is 15.0. The monoisotopic (exact) mass is 409 g/mol. The number of thiocarbonyl (C=S) groups is 1. The first-order valence-electron chi connectivity index (χ1n) is 9.62. The second-order valence-electron chi connectivity index (χ2n) is 7.24. The van der Waals surface area contributed by atoms with Gasteiger partial charge in [0, 0.05) is 43.4 Å². The minimum atomic E-state index is 0.757. The van der Waals surface area contributed by atoms with Gasteiger partial charge in [0.2, 0.25) is 0 Å². The summed E-state index contributed by atoms with van der Waals surface area (Å²) in [6.07, 6.45) is 0. The zero-order valence-corrected chi connectivity index (χ0v) is 17.6. The number of nitrogens with one attached hydrogen (secondary N) is 1. The van der Waals surface area contributed by atoms with Crippen LogP contribution in [-0.2, 0) is 6.54 Å². The number of piperazine rings is 1. The van der Waals surface area contributed by atoms with Crippen LogP contribution in [0.4, 0.5) is 5.69 Å². The molecule has 0 amide bonds. The van der Waals surface area contributed by atoms with E-state index in [-0.39, 0.29) is 0 Å². The first kappa shape index (κ1) is 19.2. The van der Waals surface area contributed by atoms with Gasteiger partial charge in [-0.05, 0) is 53.2 Å². The summed E-state index contributed by atoms with van der Waals surface area (Å²) >= 11 is 11.9. The zero-order valence-electron chi connectivity index (χ0n) is 16.0. The van der Waals surface area contributed by atoms with E-state index in [2.05, 4.69) is 57.6 Å². The molecular formula is C23H24ClN3S. The summed E-state index contributed by atoms with van der Waals surface area (Å²) in [5.74, 6) is 0. The van der Waals surface area contributed by atoms with Gasteiger partial charge in [0.25, 0.3) is 0 Å². The summed E-state index contributed by atoms with van der Waals surface area (Å²) in [5, 5.41) is 7.55. The SMILES string of the molecule is Cc1c(Cl)cccc1NC(=S)N1CCN(Cc2cccc3ccccc23)CC1. The molecule has 5 heteroatoms. The van der Waals surface area contributed by atoms with Crippen LogP contribution < -0.4 is 5.32 Å². The third kappa shape index (κ3) is 4.14. The van der Waals surface area contributed by atoms with E-state index in [9.17, 15) is 0 Å². The molecule has 0 bridgehead atoms. The molecule has 3 aromatic carbocycles. The predicted molar refractivity (Wildman–Crippen MR) is 123 cm³/mol. The Morgan fingerprint density at radius 2 is 1.68 bits per heavy atom. The molecule has 0 radical (unpaired) electrons. The van der Waals surface area contributed by atoms with Gasteiger partial charge in [0.05, 0.1) is 0 Å². The number of hydrogen-bond acceptors (Lipinski definition) is 2. The molecule has 1 saturated heterocycles. The van der Waals surface area contributed by atoms with Gasteiger partial charge >= 0.3 is 0 Å². The third-order valence-corrected chi connectivity index (χ3v) is 6.21. The summed E-state index contributed by atoms with van der Waals surface area (Å²) < 4.78 is 0. The number of halogens is 1. The van der Waals surface area contributed by atoms with Crippen LogP contribution in [0.2, 0.25) is 5.02 Å². The average Bonchev–Trinajstić information content (AvgIpc) is 2.72. The van der Waals surface area contributed by atoms with Gasteiger partial charge in [-0.3, -0.25) is 4.90 Å². The highest BCUT2D eigenvalue weighted by atomic mass is 35.5. The highest BCUT2D eigenvalue weighted by Gasteiger charge is 2.20. The molecule has 0 unspecified atom stereocenters. The van der Waals surface area contributed by atoms with Crippen molar-refractivity contribution in [2.24, 2.45) is 0 Å². The van der Waals surface area contributed by atoms with E-state index in [1.807, 2.05) is 25.1 Å². The number of anilines is 1. The summed E-state index contributed by atoms with van der Waals surface area (Å²) in [6.45, 7) is 6.84. The minimum absolute atomic E-state index is 0.757. The van der Waals surface area contributed by atoms with Crippen LogP contribution >= 0.6 is 23.8 Å². The quantitative estimate of drug-likeness (QED) is 0.590. The lowest BCUT2D eigenvalue weighted by molar-refractivity contribution is 0.177. The van der Waals surface area contributed by atoms with Crippen LogP contribution in [0.15, 0.2) is 60.7 Å². The Balaban J connectivity index is 1.36. The molecule has 0 aromatic heterocycles. The summed E-state index contributed by atoms with van der Waals surface area (Å²) in [6, 6.07) is 21.0. The molecule has 0 aliphatic carbocycles. The average molecular weight is 410 g/mol. The number of benzene rings is 3. The van der Waals surface area contributed by atoms with Gasteiger partial charge in [-0.2, -0.15) is 0 Å². The van der Waals surface area contributed by atoms with Crippen LogP contribution in [0.1, 0.15) is 11.1 Å². The molecule has 1 fully saturated rings. The highest BCUT2D eigenvalue weighted by molar-refractivity contribution is 7.80. The Kier molecular flexibility index (Phi) is 5.81. The van der Waals surface area contributed by atoms with Crippen molar-refractivity contribution in [1.29, 1.82) is 0 Å². The molecule has 28 heavy (non-hydrogen) atoms. The highest BCUT2D eigenvalue weighted by Crippen LogP contribution is 2.24. The number of rotatable bonds is 3. The fourth-order valence-corrected chi connectivity index (χ4v) is 4.18. The molecule has 0 spiro atoms. The minimum Gasteiger partial charge on any atom is -0.346 e. The maximum absolute atomic E-state index is 6.22. The van der Waals surface area contributed by atoms with E-state index >= 15 is 0 Å². The van der Waals surface area contributed by atoms with Crippen molar-refractivity contribution in [3.05, 3.63) is 76.8 Å². The van der Waals surface area contributed by atoms with Gasteiger partial charge in [0.1, 0.15) is 0 Å². The Morgan fingerprint density at radius 3 is 2.50 bits per heavy atom. The number of nitrogens with zero attached hydrogens (tertiary/aromatic N) is 2. The van der Waals surface area contributed by atoms with E-state index in [0.29, 0.717) is 0 Å². The first-order chi connectivity index (χ1) is 13.6. The van der Waals surface area contributed by atoms with Crippen molar-refractivity contribution in [3.8, 4) is 0 Å². The Labute approximate surface area is 176 Å². The van der Waals surface area contributed by atoms with Gasteiger partial charge in [-0.25, -0.2) is 0 Å². The Hall–Kier alpha value is -2.14. The topological polar surface area (TPSA) is 18.5 Å². The molecule has 1 heterocycles. The Morgan fingerprint density at radius 1 is 0.964 bits per heavy atom. The van der Waals surface area contributed by atoms with Gasteiger partial charge in [0.15, 0.2) is 5.11 Å². The smallest absolute Gasteiger partial charge is 0.173 e. The molecule has 3 nitrogen and oxygen atoms in total. The fourth-order valence-electron chi connectivity index (χ4n) is 3.72. The lowest BCUT2D eigenvalue weighted by Gasteiger charge is -2.36. The van der Waals surface area contributed by atoms with E-state index in [4.69, 9.17) is 23.8 Å². The zero-order chi connectivity index (χ0) is 19.5. The van der Waals surface area contributed by atoms with Gasteiger partial charge in [-0.15, -0.1) is 0 Å².